The Balaban J connectivity index is 1.97. The first-order valence-corrected chi connectivity index (χ1v) is 6.44. The van der Waals surface area contributed by atoms with Gasteiger partial charge in [0.2, 0.25) is 0 Å². The first-order valence-electron chi connectivity index (χ1n) is 6.44. The zero-order valence-electron chi connectivity index (χ0n) is 10.8. The zero-order valence-corrected chi connectivity index (χ0v) is 10.8. The molecule has 17 heavy (non-hydrogen) atoms. The molecule has 1 unspecified atom stereocenters. The largest absolute Gasteiger partial charge is 0.300 e. The number of carbonyl (C=O) groups is 1. The topological polar surface area (TPSA) is 20.3 Å². The minimum absolute atomic E-state index is 0.311. The Morgan fingerprint density at radius 1 is 1.35 bits per heavy atom. The van der Waals surface area contributed by atoms with E-state index in [1.165, 1.54) is 24.0 Å². The lowest BCUT2D eigenvalue weighted by Gasteiger charge is -2.23. The molecule has 0 bridgehead atoms. The van der Waals surface area contributed by atoms with Crippen LogP contribution in [0.4, 0.5) is 0 Å². The normalized spacial score (nSPS) is 20.7. The van der Waals surface area contributed by atoms with E-state index in [0.29, 0.717) is 18.2 Å². The first kappa shape index (κ1) is 12.3. The summed E-state index contributed by atoms with van der Waals surface area (Å²) in [7, 11) is 0. The summed E-state index contributed by atoms with van der Waals surface area (Å²) in [5.41, 5.74) is 2.65. The van der Waals surface area contributed by atoms with Gasteiger partial charge in [-0.15, -0.1) is 0 Å². The van der Waals surface area contributed by atoms with Crippen LogP contribution in [0.2, 0.25) is 0 Å². The maximum absolute atomic E-state index is 11.2. The van der Waals surface area contributed by atoms with Crippen LogP contribution in [0.25, 0.3) is 0 Å². The molecule has 1 aromatic rings. The van der Waals surface area contributed by atoms with Crippen molar-refractivity contribution in [2.75, 3.05) is 6.54 Å². The highest BCUT2D eigenvalue weighted by Crippen LogP contribution is 2.22. The smallest absolute Gasteiger partial charge is 0.131 e. The van der Waals surface area contributed by atoms with Crippen molar-refractivity contribution in [3.63, 3.8) is 0 Å². The molecule has 1 aliphatic heterocycles. The van der Waals surface area contributed by atoms with Crippen LogP contribution in [0, 0.1) is 6.92 Å². The molecule has 92 valence electrons. The van der Waals surface area contributed by atoms with Crippen molar-refractivity contribution < 1.29 is 4.79 Å². The van der Waals surface area contributed by atoms with E-state index in [2.05, 4.69) is 36.1 Å². The predicted molar refractivity (Wildman–Crippen MR) is 69.9 cm³/mol. The van der Waals surface area contributed by atoms with Crippen LogP contribution in [0.5, 0.6) is 0 Å². The fraction of sp³-hybridized carbons (Fsp3) is 0.533. The summed E-state index contributed by atoms with van der Waals surface area (Å²) in [4.78, 5) is 13.7. The number of benzene rings is 1. The Kier molecular flexibility index (Phi) is 3.95. The van der Waals surface area contributed by atoms with Gasteiger partial charge >= 0.3 is 0 Å². The molecule has 0 N–H and O–H groups in total. The Hall–Kier alpha value is -1.15. The molecule has 1 atom stereocenters. The molecular weight excluding hydrogens is 210 g/mol. The number of rotatable bonds is 4. The summed E-state index contributed by atoms with van der Waals surface area (Å²) in [5, 5.41) is 0. The van der Waals surface area contributed by atoms with E-state index in [0.717, 1.165) is 13.1 Å². The van der Waals surface area contributed by atoms with Gasteiger partial charge in [-0.3, -0.25) is 9.69 Å². The van der Waals surface area contributed by atoms with Gasteiger partial charge < -0.3 is 0 Å². The second kappa shape index (κ2) is 5.46. The van der Waals surface area contributed by atoms with Crippen molar-refractivity contribution in [1.29, 1.82) is 0 Å². The molecule has 1 aliphatic rings. The molecule has 1 heterocycles. The van der Waals surface area contributed by atoms with Crippen LogP contribution in [0.15, 0.2) is 24.3 Å². The fourth-order valence-electron chi connectivity index (χ4n) is 2.59. The van der Waals surface area contributed by atoms with Gasteiger partial charge in [0.05, 0.1) is 0 Å². The number of nitrogens with zero attached hydrogens (tertiary/aromatic N) is 1. The van der Waals surface area contributed by atoms with Crippen molar-refractivity contribution in [2.24, 2.45) is 0 Å². The lowest BCUT2D eigenvalue weighted by Crippen LogP contribution is -2.30. The number of likely N-dealkylation sites (tertiary alicyclic amines) is 1. The molecule has 0 aromatic heterocycles. The number of hydrogen-bond donors (Lipinski definition) is 0. The summed E-state index contributed by atoms with van der Waals surface area (Å²) in [5.74, 6) is 0.311. The Morgan fingerprint density at radius 2 is 2.06 bits per heavy atom. The lowest BCUT2D eigenvalue weighted by atomic mass is 10.1. The monoisotopic (exact) mass is 231 g/mol. The van der Waals surface area contributed by atoms with E-state index in [1.54, 1.807) is 6.92 Å². The number of aryl methyl sites for hydroxylation is 1. The summed E-state index contributed by atoms with van der Waals surface area (Å²) in [6, 6.07) is 9.17. The Morgan fingerprint density at radius 3 is 2.71 bits per heavy atom. The van der Waals surface area contributed by atoms with Gasteiger partial charge in [-0.05, 0) is 38.8 Å². The summed E-state index contributed by atoms with van der Waals surface area (Å²) >= 11 is 0. The summed E-state index contributed by atoms with van der Waals surface area (Å²) in [6.45, 7) is 5.92. The van der Waals surface area contributed by atoms with E-state index < -0.39 is 0 Å². The molecule has 0 radical (unpaired) electrons. The highest BCUT2D eigenvalue weighted by atomic mass is 16.1. The van der Waals surface area contributed by atoms with Crippen LogP contribution in [-0.4, -0.2) is 23.3 Å². The first-order chi connectivity index (χ1) is 8.15. The standard InChI is InChI=1S/C15H21NO/c1-12-5-7-14(8-6-12)11-16-9-3-4-15(16)10-13(2)17/h5-8,15H,3-4,9-11H2,1-2H3. The summed E-state index contributed by atoms with van der Waals surface area (Å²) in [6.07, 6.45) is 3.11. The van der Waals surface area contributed by atoms with Crippen LogP contribution in [-0.2, 0) is 11.3 Å². The predicted octanol–water partition coefficient (Wildman–Crippen LogP) is 2.94. The molecule has 1 aromatic carbocycles. The number of ketones is 1. The third-order valence-corrected chi connectivity index (χ3v) is 3.53. The SMILES string of the molecule is CC(=O)CC1CCCN1Cc1ccc(C)cc1. The van der Waals surface area contributed by atoms with Gasteiger partial charge in [-0.2, -0.15) is 0 Å². The van der Waals surface area contributed by atoms with E-state index in [9.17, 15) is 4.79 Å². The minimum Gasteiger partial charge on any atom is -0.300 e. The van der Waals surface area contributed by atoms with Crippen LogP contribution >= 0.6 is 0 Å². The van der Waals surface area contributed by atoms with Crippen molar-refractivity contribution in [1.82, 2.24) is 4.90 Å². The van der Waals surface area contributed by atoms with Gasteiger partial charge in [-0.25, -0.2) is 0 Å². The van der Waals surface area contributed by atoms with Crippen LogP contribution < -0.4 is 0 Å². The van der Waals surface area contributed by atoms with E-state index in [-0.39, 0.29) is 0 Å². The average molecular weight is 231 g/mol. The molecule has 1 saturated heterocycles. The average Bonchev–Trinajstić information content (AvgIpc) is 2.68. The van der Waals surface area contributed by atoms with Crippen molar-refractivity contribution in [3.05, 3.63) is 35.4 Å². The molecule has 2 nitrogen and oxygen atoms in total. The molecular formula is C15H21NO. The van der Waals surface area contributed by atoms with E-state index >= 15 is 0 Å². The lowest BCUT2D eigenvalue weighted by molar-refractivity contribution is -0.118. The third-order valence-electron chi connectivity index (χ3n) is 3.53. The van der Waals surface area contributed by atoms with Gasteiger partial charge in [0, 0.05) is 19.0 Å². The maximum atomic E-state index is 11.2. The fourth-order valence-corrected chi connectivity index (χ4v) is 2.59. The molecule has 0 aliphatic carbocycles. The van der Waals surface area contributed by atoms with Gasteiger partial charge in [0.1, 0.15) is 5.78 Å². The quantitative estimate of drug-likeness (QED) is 0.794. The zero-order chi connectivity index (χ0) is 12.3. The molecule has 2 heteroatoms. The molecule has 0 saturated carbocycles. The highest BCUT2D eigenvalue weighted by molar-refractivity contribution is 5.76. The van der Waals surface area contributed by atoms with Crippen LogP contribution in [0.1, 0.15) is 37.3 Å². The molecule has 2 rings (SSSR count). The molecule has 0 spiro atoms. The molecule has 0 amide bonds. The van der Waals surface area contributed by atoms with Crippen molar-refractivity contribution in [3.8, 4) is 0 Å². The minimum atomic E-state index is 0.311. The van der Waals surface area contributed by atoms with Crippen molar-refractivity contribution >= 4 is 5.78 Å². The van der Waals surface area contributed by atoms with Crippen molar-refractivity contribution in [2.45, 2.75) is 45.7 Å². The Bertz CT molecular complexity index is 382. The molecule has 1 fully saturated rings. The van der Waals surface area contributed by atoms with Gasteiger partial charge in [0.25, 0.3) is 0 Å². The summed E-state index contributed by atoms with van der Waals surface area (Å²) < 4.78 is 0. The number of hydrogen-bond acceptors (Lipinski definition) is 2. The van der Waals surface area contributed by atoms with Gasteiger partial charge in [0.15, 0.2) is 0 Å². The third kappa shape index (κ3) is 3.40. The second-order valence-electron chi connectivity index (χ2n) is 5.16. The number of Topliss-reactive ketones (excluding diaryl/α,β-unsaturated/α-hetero) is 1. The van der Waals surface area contributed by atoms with E-state index in [1.807, 2.05) is 0 Å². The van der Waals surface area contributed by atoms with Gasteiger partial charge in [-0.1, -0.05) is 29.8 Å². The second-order valence-corrected chi connectivity index (χ2v) is 5.16. The van der Waals surface area contributed by atoms with E-state index in [4.69, 9.17) is 0 Å². The maximum Gasteiger partial charge on any atom is 0.131 e. The highest BCUT2D eigenvalue weighted by Gasteiger charge is 2.25. The number of carbonyl (C=O) groups excluding carboxylic acids is 1. The van der Waals surface area contributed by atoms with Crippen LogP contribution in [0.3, 0.4) is 0 Å². The Labute approximate surface area is 104 Å².